The first-order valence-electron chi connectivity index (χ1n) is 10.5. The smallest absolute Gasteiger partial charge is 0.282 e. The Morgan fingerprint density at radius 2 is 1.45 bits per heavy atom. The highest BCUT2D eigenvalue weighted by atomic mass is 16.2. The van der Waals surface area contributed by atoms with Crippen molar-refractivity contribution in [1.82, 2.24) is 0 Å². The van der Waals surface area contributed by atoms with Gasteiger partial charge in [0.15, 0.2) is 0 Å². The monoisotopic (exact) mass is 410 g/mol. The molecule has 0 aliphatic carbocycles. The average Bonchev–Trinajstić information content (AvgIpc) is 3.01. The van der Waals surface area contributed by atoms with E-state index < -0.39 is 0 Å². The third-order valence-electron chi connectivity index (χ3n) is 5.80. The molecule has 1 heterocycles. The van der Waals surface area contributed by atoms with Crippen LogP contribution in [0.4, 0.5) is 11.4 Å². The second-order valence-corrected chi connectivity index (χ2v) is 8.01. The van der Waals surface area contributed by atoms with E-state index in [1.54, 1.807) is 0 Å². The third-order valence-corrected chi connectivity index (χ3v) is 5.80. The number of hydrogen-bond donors (Lipinski definition) is 1. The number of imide groups is 1. The molecule has 0 radical (unpaired) electrons. The zero-order valence-corrected chi connectivity index (χ0v) is 18.3. The zero-order valence-electron chi connectivity index (χ0n) is 18.3. The Kier molecular flexibility index (Phi) is 5.47. The highest BCUT2D eigenvalue weighted by molar-refractivity contribution is 6.46. The van der Waals surface area contributed by atoms with Gasteiger partial charge in [-0.25, -0.2) is 4.90 Å². The molecule has 4 heteroatoms. The van der Waals surface area contributed by atoms with Gasteiger partial charge in [0.25, 0.3) is 11.8 Å². The van der Waals surface area contributed by atoms with Crippen molar-refractivity contribution >= 4 is 28.8 Å². The van der Waals surface area contributed by atoms with Gasteiger partial charge in [0, 0.05) is 5.69 Å². The van der Waals surface area contributed by atoms with Gasteiger partial charge in [-0.15, -0.1) is 0 Å². The Balaban J connectivity index is 1.81. The molecule has 0 saturated carbocycles. The minimum Gasteiger partial charge on any atom is -0.350 e. The van der Waals surface area contributed by atoms with Crippen LogP contribution in [-0.2, 0) is 16.0 Å². The lowest BCUT2D eigenvalue weighted by Crippen LogP contribution is -2.32. The number of nitrogens with one attached hydrogen (secondary N) is 1. The summed E-state index contributed by atoms with van der Waals surface area (Å²) in [6.07, 6.45) is 0.897. The normalized spacial score (nSPS) is 13.9. The number of amides is 2. The molecule has 0 spiro atoms. The van der Waals surface area contributed by atoms with Crippen LogP contribution >= 0.6 is 0 Å². The number of carbonyl (C=O) groups is 2. The molecule has 0 aromatic heterocycles. The summed E-state index contributed by atoms with van der Waals surface area (Å²) in [4.78, 5) is 28.3. The molecule has 4 nitrogen and oxygen atoms in total. The van der Waals surface area contributed by atoms with E-state index in [0.29, 0.717) is 17.0 Å². The fraction of sp³-hybridized carbons (Fsp3) is 0.185. The maximum absolute atomic E-state index is 13.5. The number of hydrogen-bond acceptors (Lipinski definition) is 3. The average molecular weight is 411 g/mol. The Morgan fingerprint density at radius 3 is 2.06 bits per heavy atom. The molecule has 0 unspecified atom stereocenters. The number of carbonyl (C=O) groups excluding carboxylic acids is 2. The van der Waals surface area contributed by atoms with Crippen LogP contribution in [0.25, 0.3) is 5.57 Å². The number of benzene rings is 3. The second-order valence-electron chi connectivity index (χ2n) is 8.01. The quantitative estimate of drug-likeness (QED) is 0.559. The van der Waals surface area contributed by atoms with Gasteiger partial charge < -0.3 is 5.32 Å². The van der Waals surface area contributed by atoms with Crippen molar-refractivity contribution < 1.29 is 9.59 Å². The predicted octanol–water partition coefficient (Wildman–Crippen LogP) is 5.57. The Labute approximate surface area is 183 Å². The molecular formula is C27H26N2O2. The maximum Gasteiger partial charge on any atom is 0.282 e. The van der Waals surface area contributed by atoms with Crippen molar-refractivity contribution in [3.8, 4) is 0 Å². The molecule has 1 N–H and O–H groups in total. The molecule has 3 aromatic rings. The fourth-order valence-corrected chi connectivity index (χ4v) is 3.71. The van der Waals surface area contributed by atoms with Crippen molar-refractivity contribution in [2.75, 3.05) is 10.2 Å². The van der Waals surface area contributed by atoms with Crippen LogP contribution in [0.15, 0.2) is 72.4 Å². The van der Waals surface area contributed by atoms with Crippen LogP contribution in [0.1, 0.15) is 34.7 Å². The summed E-state index contributed by atoms with van der Waals surface area (Å²) in [5.74, 6) is -0.657. The Bertz CT molecular complexity index is 1190. The van der Waals surface area contributed by atoms with Crippen molar-refractivity contribution in [3.05, 3.63) is 100 Å². The van der Waals surface area contributed by atoms with E-state index >= 15 is 0 Å². The van der Waals surface area contributed by atoms with Crippen molar-refractivity contribution in [3.63, 3.8) is 0 Å². The Morgan fingerprint density at radius 1 is 0.774 bits per heavy atom. The van der Waals surface area contributed by atoms with Crippen molar-refractivity contribution in [1.29, 1.82) is 0 Å². The summed E-state index contributed by atoms with van der Waals surface area (Å²) >= 11 is 0. The highest BCUT2D eigenvalue weighted by Crippen LogP contribution is 2.34. The molecule has 31 heavy (non-hydrogen) atoms. The summed E-state index contributed by atoms with van der Waals surface area (Å²) in [6, 6.07) is 21.2. The molecule has 1 aliphatic rings. The Hall–Kier alpha value is -3.66. The van der Waals surface area contributed by atoms with Gasteiger partial charge in [0.2, 0.25) is 0 Å². The van der Waals surface area contributed by atoms with E-state index in [0.717, 1.165) is 39.9 Å². The van der Waals surface area contributed by atoms with Crippen LogP contribution in [-0.4, -0.2) is 11.8 Å². The lowest BCUT2D eigenvalue weighted by molar-refractivity contribution is -0.120. The predicted molar refractivity (Wildman–Crippen MR) is 126 cm³/mol. The van der Waals surface area contributed by atoms with Gasteiger partial charge in [0.1, 0.15) is 5.70 Å². The second kappa shape index (κ2) is 8.23. The van der Waals surface area contributed by atoms with E-state index in [1.807, 2.05) is 87.5 Å². The highest BCUT2D eigenvalue weighted by Gasteiger charge is 2.40. The summed E-state index contributed by atoms with van der Waals surface area (Å²) < 4.78 is 0. The minimum atomic E-state index is -0.344. The molecule has 0 fully saturated rings. The summed E-state index contributed by atoms with van der Waals surface area (Å²) in [5.41, 5.74) is 7.28. The molecule has 2 amide bonds. The van der Waals surface area contributed by atoms with Gasteiger partial charge in [-0.3, -0.25) is 9.59 Å². The maximum atomic E-state index is 13.5. The molecule has 156 valence electrons. The minimum absolute atomic E-state index is 0.302. The first-order chi connectivity index (χ1) is 14.9. The van der Waals surface area contributed by atoms with E-state index in [-0.39, 0.29) is 11.8 Å². The van der Waals surface area contributed by atoms with Gasteiger partial charge >= 0.3 is 0 Å². The van der Waals surface area contributed by atoms with Gasteiger partial charge in [-0.1, -0.05) is 55.0 Å². The van der Waals surface area contributed by atoms with E-state index in [9.17, 15) is 9.59 Å². The van der Waals surface area contributed by atoms with Gasteiger partial charge in [-0.05, 0) is 73.7 Å². The lowest BCUT2D eigenvalue weighted by atomic mass is 9.99. The molecular weight excluding hydrogens is 384 g/mol. The zero-order chi connectivity index (χ0) is 22.1. The van der Waals surface area contributed by atoms with Crippen LogP contribution in [0.3, 0.4) is 0 Å². The number of anilines is 2. The van der Waals surface area contributed by atoms with Crippen LogP contribution in [0.5, 0.6) is 0 Å². The molecule has 0 saturated heterocycles. The summed E-state index contributed by atoms with van der Waals surface area (Å²) in [6.45, 7) is 8.12. The number of nitrogens with zero attached hydrogens (tertiary/aromatic N) is 1. The number of rotatable bonds is 5. The summed E-state index contributed by atoms with van der Waals surface area (Å²) in [5, 5.41) is 3.22. The molecule has 0 bridgehead atoms. The van der Waals surface area contributed by atoms with Gasteiger partial charge in [-0.2, -0.15) is 0 Å². The van der Waals surface area contributed by atoms with Crippen LogP contribution in [0.2, 0.25) is 0 Å². The van der Waals surface area contributed by atoms with Crippen molar-refractivity contribution in [2.45, 2.75) is 34.1 Å². The molecule has 0 atom stereocenters. The van der Waals surface area contributed by atoms with Crippen LogP contribution in [0, 0.1) is 20.8 Å². The molecule has 1 aliphatic heterocycles. The van der Waals surface area contributed by atoms with Crippen molar-refractivity contribution in [2.24, 2.45) is 0 Å². The first-order valence-corrected chi connectivity index (χ1v) is 10.5. The largest absolute Gasteiger partial charge is 0.350 e. The molecule has 4 rings (SSSR count). The lowest BCUT2D eigenvalue weighted by Gasteiger charge is -2.16. The molecule has 3 aromatic carbocycles. The SMILES string of the molecule is CCc1ccc(N2C(=O)C(Nc3ccc(C)cc3)=C(c3ccc(C)c(C)c3)C2=O)cc1. The third kappa shape index (κ3) is 3.89. The topological polar surface area (TPSA) is 49.4 Å². The number of aryl methyl sites for hydroxylation is 4. The van der Waals surface area contributed by atoms with E-state index in [4.69, 9.17) is 0 Å². The van der Waals surface area contributed by atoms with E-state index in [2.05, 4.69) is 12.2 Å². The fourth-order valence-electron chi connectivity index (χ4n) is 3.71. The summed E-state index contributed by atoms with van der Waals surface area (Å²) in [7, 11) is 0. The van der Waals surface area contributed by atoms with E-state index in [1.165, 1.54) is 4.90 Å². The van der Waals surface area contributed by atoms with Crippen LogP contribution < -0.4 is 10.2 Å². The first kappa shape index (κ1) is 20.6. The standard InChI is InChI=1S/C27H26N2O2/c1-5-20-9-14-23(15-10-20)29-26(30)24(21-11-8-18(3)19(4)16-21)25(27(29)31)28-22-12-6-17(2)7-13-22/h6-16,28H,5H2,1-4H3. The van der Waals surface area contributed by atoms with Gasteiger partial charge in [0.05, 0.1) is 11.3 Å².